The van der Waals surface area contributed by atoms with Gasteiger partial charge in [-0.25, -0.2) is 0 Å². The molecular formula is C22H22N2O3. The molecule has 0 aliphatic heterocycles. The summed E-state index contributed by atoms with van der Waals surface area (Å²) in [6.07, 6.45) is 0. The van der Waals surface area contributed by atoms with Gasteiger partial charge in [-0.3, -0.25) is 4.79 Å². The SMILES string of the molecule is COc1cccc(OC)c1C(=O)Nc1ccc(N(C)c2ccccc2)cc1. The number of para-hydroxylation sites is 1. The molecule has 1 N–H and O–H groups in total. The van der Waals surface area contributed by atoms with E-state index < -0.39 is 0 Å². The van der Waals surface area contributed by atoms with E-state index in [-0.39, 0.29) is 5.91 Å². The summed E-state index contributed by atoms with van der Waals surface area (Å²) >= 11 is 0. The summed E-state index contributed by atoms with van der Waals surface area (Å²) < 4.78 is 10.6. The van der Waals surface area contributed by atoms with Crippen LogP contribution in [0.5, 0.6) is 11.5 Å². The van der Waals surface area contributed by atoms with Gasteiger partial charge in [0.15, 0.2) is 0 Å². The monoisotopic (exact) mass is 362 g/mol. The van der Waals surface area contributed by atoms with Crippen molar-refractivity contribution in [2.75, 3.05) is 31.5 Å². The van der Waals surface area contributed by atoms with Crippen molar-refractivity contribution >= 4 is 23.0 Å². The van der Waals surface area contributed by atoms with Crippen LogP contribution in [0, 0.1) is 0 Å². The molecule has 0 bridgehead atoms. The molecule has 0 unspecified atom stereocenters. The lowest BCUT2D eigenvalue weighted by Crippen LogP contribution is -2.15. The number of nitrogens with zero attached hydrogens (tertiary/aromatic N) is 1. The number of hydrogen-bond acceptors (Lipinski definition) is 4. The average molecular weight is 362 g/mol. The van der Waals surface area contributed by atoms with E-state index in [1.54, 1.807) is 18.2 Å². The summed E-state index contributed by atoms with van der Waals surface area (Å²) in [5.74, 6) is 0.646. The molecule has 5 heteroatoms. The lowest BCUT2D eigenvalue weighted by Gasteiger charge is -2.20. The van der Waals surface area contributed by atoms with Crippen molar-refractivity contribution in [1.29, 1.82) is 0 Å². The number of ether oxygens (including phenoxy) is 2. The van der Waals surface area contributed by atoms with Gasteiger partial charge in [-0.2, -0.15) is 0 Å². The maximum atomic E-state index is 12.7. The Bertz CT molecular complexity index is 886. The zero-order chi connectivity index (χ0) is 19.2. The van der Waals surface area contributed by atoms with Gasteiger partial charge in [0.1, 0.15) is 17.1 Å². The van der Waals surface area contributed by atoms with Gasteiger partial charge in [0, 0.05) is 24.1 Å². The Labute approximate surface area is 159 Å². The van der Waals surface area contributed by atoms with Gasteiger partial charge in [0.25, 0.3) is 5.91 Å². The molecule has 0 saturated heterocycles. The number of anilines is 3. The molecule has 3 aromatic carbocycles. The quantitative estimate of drug-likeness (QED) is 0.689. The smallest absolute Gasteiger partial charge is 0.263 e. The minimum atomic E-state index is -0.284. The van der Waals surface area contributed by atoms with E-state index in [1.807, 2.05) is 61.6 Å². The lowest BCUT2D eigenvalue weighted by molar-refractivity contribution is 0.102. The molecule has 138 valence electrons. The third-order valence-electron chi connectivity index (χ3n) is 4.31. The number of methoxy groups -OCH3 is 2. The van der Waals surface area contributed by atoms with Crippen LogP contribution in [-0.4, -0.2) is 27.2 Å². The van der Waals surface area contributed by atoms with Crippen LogP contribution in [0.2, 0.25) is 0 Å². The first-order valence-electron chi connectivity index (χ1n) is 8.55. The van der Waals surface area contributed by atoms with Crippen LogP contribution in [0.3, 0.4) is 0 Å². The number of amides is 1. The van der Waals surface area contributed by atoms with Crippen LogP contribution in [0.15, 0.2) is 72.8 Å². The summed E-state index contributed by atoms with van der Waals surface area (Å²) in [7, 11) is 5.06. The first kappa shape index (κ1) is 18.3. The molecule has 0 heterocycles. The van der Waals surface area contributed by atoms with Gasteiger partial charge in [-0.15, -0.1) is 0 Å². The minimum absolute atomic E-state index is 0.284. The largest absolute Gasteiger partial charge is 0.496 e. The van der Waals surface area contributed by atoms with E-state index in [0.29, 0.717) is 22.7 Å². The molecule has 0 aliphatic rings. The minimum Gasteiger partial charge on any atom is -0.496 e. The molecule has 0 radical (unpaired) electrons. The number of benzene rings is 3. The van der Waals surface area contributed by atoms with Crippen LogP contribution < -0.4 is 19.7 Å². The molecular weight excluding hydrogens is 340 g/mol. The fourth-order valence-corrected chi connectivity index (χ4v) is 2.84. The fourth-order valence-electron chi connectivity index (χ4n) is 2.84. The van der Waals surface area contributed by atoms with Crippen molar-refractivity contribution < 1.29 is 14.3 Å². The first-order valence-corrected chi connectivity index (χ1v) is 8.55. The molecule has 1 amide bonds. The molecule has 0 aromatic heterocycles. The Hall–Kier alpha value is -3.47. The van der Waals surface area contributed by atoms with E-state index in [2.05, 4.69) is 10.2 Å². The topological polar surface area (TPSA) is 50.8 Å². The van der Waals surface area contributed by atoms with Gasteiger partial charge >= 0.3 is 0 Å². The summed E-state index contributed by atoms with van der Waals surface area (Å²) in [5.41, 5.74) is 3.17. The summed E-state index contributed by atoms with van der Waals surface area (Å²) in [6, 6.07) is 23.0. The zero-order valence-electron chi connectivity index (χ0n) is 15.6. The second-order valence-electron chi connectivity index (χ2n) is 5.93. The normalized spacial score (nSPS) is 10.2. The molecule has 0 fully saturated rings. The average Bonchev–Trinajstić information content (AvgIpc) is 2.73. The second-order valence-corrected chi connectivity index (χ2v) is 5.93. The highest BCUT2D eigenvalue weighted by Crippen LogP contribution is 2.30. The number of carbonyl (C=O) groups excluding carboxylic acids is 1. The standard InChI is InChI=1S/C22H22N2O3/c1-24(17-8-5-4-6-9-17)18-14-12-16(13-15-18)23-22(25)21-19(26-2)10-7-11-20(21)27-3/h4-15H,1-3H3,(H,23,25). The summed E-state index contributed by atoms with van der Waals surface area (Å²) in [6.45, 7) is 0. The van der Waals surface area contributed by atoms with Crippen LogP contribution in [0.1, 0.15) is 10.4 Å². The molecule has 3 rings (SSSR count). The van der Waals surface area contributed by atoms with Crippen molar-refractivity contribution in [2.24, 2.45) is 0 Å². The number of rotatable bonds is 6. The third kappa shape index (κ3) is 4.03. The van der Waals surface area contributed by atoms with Crippen molar-refractivity contribution in [2.45, 2.75) is 0 Å². The van der Waals surface area contributed by atoms with Gasteiger partial charge < -0.3 is 19.7 Å². The number of carbonyl (C=O) groups is 1. The Morgan fingerprint density at radius 2 is 1.33 bits per heavy atom. The predicted octanol–water partition coefficient (Wildman–Crippen LogP) is 4.72. The molecule has 3 aromatic rings. The Kier molecular flexibility index (Phi) is 5.61. The van der Waals surface area contributed by atoms with Crippen LogP contribution >= 0.6 is 0 Å². The Morgan fingerprint density at radius 1 is 0.778 bits per heavy atom. The van der Waals surface area contributed by atoms with Crippen molar-refractivity contribution in [3.05, 3.63) is 78.4 Å². The molecule has 0 atom stereocenters. The van der Waals surface area contributed by atoms with Crippen molar-refractivity contribution in [1.82, 2.24) is 0 Å². The van der Waals surface area contributed by atoms with Gasteiger partial charge in [-0.1, -0.05) is 24.3 Å². The Balaban J connectivity index is 1.78. The second kappa shape index (κ2) is 8.27. The van der Waals surface area contributed by atoms with E-state index >= 15 is 0 Å². The first-order chi connectivity index (χ1) is 13.1. The van der Waals surface area contributed by atoms with Crippen molar-refractivity contribution in [3.8, 4) is 11.5 Å². The van der Waals surface area contributed by atoms with Gasteiger partial charge in [0.2, 0.25) is 0 Å². The zero-order valence-corrected chi connectivity index (χ0v) is 15.6. The highest BCUT2D eigenvalue weighted by Gasteiger charge is 2.18. The van der Waals surface area contributed by atoms with E-state index in [0.717, 1.165) is 11.4 Å². The number of nitrogens with one attached hydrogen (secondary N) is 1. The molecule has 5 nitrogen and oxygen atoms in total. The fraction of sp³-hybridized carbons (Fsp3) is 0.136. The molecule has 0 spiro atoms. The highest BCUT2D eigenvalue weighted by molar-refractivity contribution is 6.08. The molecule has 27 heavy (non-hydrogen) atoms. The summed E-state index contributed by atoms with van der Waals surface area (Å²) in [5, 5.41) is 2.90. The lowest BCUT2D eigenvalue weighted by atomic mass is 10.1. The van der Waals surface area contributed by atoms with E-state index in [4.69, 9.17) is 9.47 Å². The molecule has 0 aliphatic carbocycles. The predicted molar refractivity (Wildman–Crippen MR) is 108 cm³/mol. The number of hydrogen-bond donors (Lipinski definition) is 1. The summed E-state index contributed by atoms with van der Waals surface area (Å²) in [4.78, 5) is 14.8. The van der Waals surface area contributed by atoms with Crippen LogP contribution in [-0.2, 0) is 0 Å². The molecule has 0 saturated carbocycles. The van der Waals surface area contributed by atoms with Crippen molar-refractivity contribution in [3.63, 3.8) is 0 Å². The Morgan fingerprint density at radius 3 is 1.89 bits per heavy atom. The third-order valence-corrected chi connectivity index (χ3v) is 4.31. The van der Waals surface area contributed by atoms with E-state index in [9.17, 15) is 4.79 Å². The van der Waals surface area contributed by atoms with Crippen LogP contribution in [0.4, 0.5) is 17.1 Å². The van der Waals surface area contributed by atoms with Gasteiger partial charge in [-0.05, 0) is 48.5 Å². The maximum absolute atomic E-state index is 12.7. The maximum Gasteiger partial charge on any atom is 0.263 e. The van der Waals surface area contributed by atoms with Crippen LogP contribution in [0.25, 0.3) is 0 Å². The highest BCUT2D eigenvalue weighted by atomic mass is 16.5. The van der Waals surface area contributed by atoms with E-state index in [1.165, 1.54) is 14.2 Å². The van der Waals surface area contributed by atoms with Gasteiger partial charge in [0.05, 0.1) is 14.2 Å².